The average molecular weight is 302 g/mol. The number of nitrogens with one attached hydrogen (secondary N) is 1. The Morgan fingerprint density at radius 1 is 1.38 bits per heavy atom. The highest BCUT2D eigenvalue weighted by Gasteiger charge is 2.22. The van der Waals surface area contributed by atoms with Gasteiger partial charge in [0.2, 0.25) is 0 Å². The normalized spacial score (nSPS) is 14.1. The molecular formula is C12H22N4O5. The third-order valence-corrected chi connectivity index (χ3v) is 3.03. The lowest BCUT2D eigenvalue weighted by Crippen LogP contribution is -2.36. The zero-order valence-corrected chi connectivity index (χ0v) is 12.4. The molecule has 21 heavy (non-hydrogen) atoms. The number of hydrogen-bond donors (Lipinski definition) is 3. The molecule has 2 unspecified atom stereocenters. The molecule has 2 atom stereocenters. The van der Waals surface area contributed by atoms with E-state index >= 15 is 0 Å². The van der Waals surface area contributed by atoms with Gasteiger partial charge in [-0.1, -0.05) is 0 Å². The molecule has 0 bridgehead atoms. The van der Waals surface area contributed by atoms with Crippen LogP contribution in [-0.4, -0.2) is 63.9 Å². The van der Waals surface area contributed by atoms with Crippen LogP contribution >= 0.6 is 0 Å². The van der Waals surface area contributed by atoms with Gasteiger partial charge in [0.1, 0.15) is 11.4 Å². The van der Waals surface area contributed by atoms with Gasteiger partial charge >= 0.3 is 5.69 Å². The number of hydrogen-bond acceptors (Lipinski definition) is 7. The highest BCUT2D eigenvalue weighted by atomic mass is 16.6. The smallest absolute Gasteiger partial charge is 0.312 e. The molecule has 9 heteroatoms. The van der Waals surface area contributed by atoms with Gasteiger partial charge in [0.15, 0.2) is 0 Å². The molecule has 1 aromatic rings. The third kappa shape index (κ3) is 5.05. The molecule has 0 aliphatic carbocycles. The van der Waals surface area contributed by atoms with Crippen LogP contribution in [0.15, 0.2) is 0 Å². The minimum atomic E-state index is -0.766. The van der Waals surface area contributed by atoms with Crippen LogP contribution in [0.5, 0.6) is 0 Å². The zero-order chi connectivity index (χ0) is 16.0. The summed E-state index contributed by atoms with van der Waals surface area (Å²) < 4.78 is 6.20. The van der Waals surface area contributed by atoms with Gasteiger partial charge in [-0.3, -0.25) is 14.8 Å². The van der Waals surface area contributed by atoms with Gasteiger partial charge in [-0.25, -0.2) is 0 Å². The predicted octanol–water partition coefficient (Wildman–Crippen LogP) is -0.634. The van der Waals surface area contributed by atoms with Crippen molar-refractivity contribution in [3.05, 3.63) is 21.5 Å². The van der Waals surface area contributed by atoms with Crippen LogP contribution in [0.1, 0.15) is 11.4 Å². The number of aliphatic hydroxyl groups excluding tert-OH is 2. The molecule has 0 saturated heterocycles. The average Bonchev–Trinajstić information content (AvgIpc) is 2.64. The van der Waals surface area contributed by atoms with E-state index in [0.717, 1.165) is 0 Å². The Kier molecular flexibility index (Phi) is 6.69. The fourth-order valence-electron chi connectivity index (χ4n) is 2.06. The van der Waals surface area contributed by atoms with E-state index in [0.29, 0.717) is 17.9 Å². The van der Waals surface area contributed by atoms with Crippen molar-refractivity contribution in [2.24, 2.45) is 0 Å². The molecular weight excluding hydrogens is 280 g/mol. The van der Waals surface area contributed by atoms with Crippen LogP contribution in [0, 0.1) is 24.0 Å². The number of methoxy groups -OCH3 is 1. The summed E-state index contributed by atoms with van der Waals surface area (Å²) in [4.78, 5) is 10.4. The number of nitro groups is 1. The lowest BCUT2D eigenvalue weighted by molar-refractivity contribution is -0.386. The molecule has 0 fully saturated rings. The van der Waals surface area contributed by atoms with Crippen LogP contribution in [0.2, 0.25) is 0 Å². The van der Waals surface area contributed by atoms with E-state index in [-0.39, 0.29) is 25.4 Å². The predicted molar refractivity (Wildman–Crippen MR) is 75.1 cm³/mol. The van der Waals surface area contributed by atoms with Crippen molar-refractivity contribution in [2.75, 3.05) is 26.8 Å². The summed E-state index contributed by atoms with van der Waals surface area (Å²) in [6.07, 6.45) is -1.41. The number of nitrogens with zero attached hydrogens (tertiary/aromatic N) is 3. The molecule has 1 rings (SSSR count). The van der Waals surface area contributed by atoms with Gasteiger partial charge < -0.3 is 20.3 Å². The first-order valence-corrected chi connectivity index (χ1v) is 6.61. The third-order valence-electron chi connectivity index (χ3n) is 3.03. The highest BCUT2D eigenvalue weighted by Crippen LogP contribution is 2.21. The second-order valence-corrected chi connectivity index (χ2v) is 4.88. The van der Waals surface area contributed by atoms with E-state index in [1.165, 1.54) is 11.8 Å². The van der Waals surface area contributed by atoms with Gasteiger partial charge in [-0.2, -0.15) is 5.10 Å². The molecule has 0 radical (unpaired) electrons. The standard InChI is InChI=1S/C12H22N4O5/c1-8-12(16(19)20)9(2)15(14-8)6-10(17)4-13-5-11(18)7-21-3/h10-11,13,17-18H,4-7H2,1-3H3. The molecule has 1 heterocycles. The molecule has 0 spiro atoms. The molecule has 1 aromatic heterocycles. The number of aliphatic hydroxyl groups is 2. The van der Waals surface area contributed by atoms with Gasteiger partial charge in [-0.05, 0) is 13.8 Å². The Labute approximate surface area is 122 Å². The summed E-state index contributed by atoms with van der Waals surface area (Å²) in [6, 6.07) is 0. The summed E-state index contributed by atoms with van der Waals surface area (Å²) in [6.45, 7) is 4.06. The molecule has 0 aliphatic rings. The lowest BCUT2D eigenvalue weighted by Gasteiger charge is -2.15. The molecule has 0 aromatic carbocycles. The summed E-state index contributed by atoms with van der Waals surface area (Å²) >= 11 is 0. The SMILES string of the molecule is COCC(O)CNCC(O)Cn1nc(C)c([N+](=O)[O-])c1C. The van der Waals surface area contributed by atoms with Crippen molar-refractivity contribution in [1.29, 1.82) is 0 Å². The summed E-state index contributed by atoms with van der Waals surface area (Å²) in [7, 11) is 1.49. The first kappa shape index (κ1) is 17.5. The Balaban J connectivity index is 2.50. The molecule has 9 nitrogen and oxygen atoms in total. The highest BCUT2D eigenvalue weighted by molar-refractivity contribution is 5.39. The maximum Gasteiger partial charge on any atom is 0.312 e. The van der Waals surface area contributed by atoms with Crippen molar-refractivity contribution in [3.63, 3.8) is 0 Å². The van der Waals surface area contributed by atoms with Crippen LogP contribution in [0.25, 0.3) is 0 Å². The van der Waals surface area contributed by atoms with E-state index in [1.54, 1.807) is 13.8 Å². The van der Waals surface area contributed by atoms with E-state index < -0.39 is 17.1 Å². The minimum Gasteiger partial charge on any atom is -0.390 e. The zero-order valence-electron chi connectivity index (χ0n) is 12.4. The maximum atomic E-state index is 10.9. The van der Waals surface area contributed by atoms with Crippen molar-refractivity contribution >= 4 is 5.69 Å². The Morgan fingerprint density at radius 2 is 2.00 bits per heavy atom. The van der Waals surface area contributed by atoms with Gasteiger partial charge in [0.05, 0.1) is 30.3 Å². The lowest BCUT2D eigenvalue weighted by atomic mass is 10.3. The van der Waals surface area contributed by atoms with Crippen LogP contribution in [0.4, 0.5) is 5.69 Å². The molecule has 0 aliphatic heterocycles. The van der Waals surface area contributed by atoms with Crippen LogP contribution in [0.3, 0.4) is 0 Å². The topological polar surface area (TPSA) is 123 Å². The van der Waals surface area contributed by atoms with Gasteiger partial charge in [-0.15, -0.1) is 0 Å². The second kappa shape index (κ2) is 8.03. The van der Waals surface area contributed by atoms with Crippen LogP contribution in [-0.2, 0) is 11.3 Å². The van der Waals surface area contributed by atoms with E-state index in [2.05, 4.69) is 10.4 Å². The fraction of sp³-hybridized carbons (Fsp3) is 0.750. The Bertz CT molecular complexity index is 476. The van der Waals surface area contributed by atoms with Crippen molar-refractivity contribution < 1.29 is 19.9 Å². The molecule has 0 amide bonds. The molecule has 0 saturated carbocycles. The number of aryl methyl sites for hydroxylation is 1. The second-order valence-electron chi connectivity index (χ2n) is 4.88. The van der Waals surface area contributed by atoms with Gasteiger partial charge in [0, 0.05) is 20.2 Å². The maximum absolute atomic E-state index is 10.9. The fourth-order valence-corrected chi connectivity index (χ4v) is 2.06. The Hall–Kier alpha value is -1.55. The first-order chi connectivity index (χ1) is 9.86. The van der Waals surface area contributed by atoms with Crippen LogP contribution < -0.4 is 5.32 Å². The van der Waals surface area contributed by atoms with Crippen molar-refractivity contribution in [1.82, 2.24) is 15.1 Å². The largest absolute Gasteiger partial charge is 0.390 e. The summed E-state index contributed by atoms with van der Waals surface area (Å²) in [5.41, 5.74) is 0.717. The minimum absolute atomic E-state index is 0.0225. The molecule has 3 N–H and O–H groups in total. The molecule has 120 valence electrons. The quantitative estimate of drug-likeness (QED) is 0.410. The summed E-state index contributed by atoms with van der Waals surface area (Å²) in [5, 5.41) is 37.2. The number of aromatic nitrogens is 2. The Morgan fingerprint density at radius 3 is 2.52 bits per heavy atom. The van der Waals surface area contributed by atoms with E-state index in [9.17, 15) is 20.3 Å². The van der Waals surface area contributed by atoms with Gasteiger partial charge in [0.25, 0.3) is 0 Å². The van der Waals surface area contributed by atoms with Crippen molar-refractivity contribution in [2.45, 2.75) is 32.6 Å². The number of ether oxygens (including phenoxy) is 1. The van der Waals surface area contributed by atoms with E-state index in [1.807, 2.05) is 0 Å². The van der Waals surface area contributed by atoms with E-state index in [4.69, 9.17) is 4.74 Å². The number of rotatable bonds is 9. The van der Waals surface area contributed by atoms with Crippen molar-refractivity contribution in [3.8, 4) is 0 Å². The monoisotopic (exact) mass is 302 g/mol. The first-order valence-electron chi connectivity index (χ1n) is 6.61. The summed E-state index contributed by atoms with van der Waals surface area (Å²) in [5.74, 6) is 0.